The Morgan fingerprint density at radius 3 is 3.25 bits per heavy atom. The van der Waals surface area contributed by atoms with Gasteiger partial charge in [-0.1, -0.05) is 0 Å². The number of hydrogen-bond acceptors (Lipinski definition) is 3. The van der Waals surface area contributed by atoms with E-state index in [4.69, 9.17) is 4.74 Å². The number of amides is 1. The van der Waals surface area contributed by atoms with Crippen LogP contribution in [0.4, 0.5) is 0 Å². The summed E-state index contributed by atoms with van der Waals surface area (Å²) in [6.45, 7) is 4.04. The molecule has 0 spiro atoms. The number of fused-ring (bicyclic) bond motifs is 1. The van der Waals surface area contributed by atoms with E-state index in [9.17, 15) is 4.79 Å². The number of aromatic nitrogens is 2. The van der Waals surface area contributed by atoms with E-state index in [1.807, 2.05) is 29.8 Å². The van der Waals surface area contributed by atoms with Crippen molar-refractivity contribution in [3.63, 3.8) is 0 Å². The van der Waals surface area contributed by atoms with Gasteiger partial charge in [-0.2, -0.15) is 0 Å². The molecule has 0 saturated carbocycles. The van der Waals surface area contributed by atoms with Crippen LogP contribution in [-0.4, -0.2) is 22.1 Å². The van der Waals surface area contributed by atoms with Crippen LogP contribution in [0.3, 0.4) is 0 Å². The molecule has 1 aromatic carbocycles. The first-order valence-corrected chi connectivity index (χ1v) is 6.82. The highest BCUT2D eigenvalue weighted by Gasteiger charge is 2.15. The molecule has 1 aromatic heterocycles. The normalized spacial score (nSPS) is 12.8. The lowest BCUT2D eigenvalue weighted by atomic mass is 10.1. The second kappa shape index (κ2) is 5.36. The quantitative estimate of drug-likeness (QED) is 0.922. The third-order valence-corrected chi connectivity index (χ3v) is 3.50. The zero-order valence-corrected chi connectivity index (χ0v) is 11.4. The van der Waals surface area contributed by atoms with E-state index < -0.39 is 0 Å². The van der Waals surface area contributed by atoms with Crippen molar-refractivity contribution in [2.24, 2.45) is 0 Å². The second-order valence-corrected chi connectivity index (χ2v) is 4.73. The van der Waals surface area contributed by atoms with Crippen molar-refractivity contribution in [1.29, 1.82) is 0 Å². The summed E-state index contributed by atoms with van der Waals surface area (Å²) >= 11 is 0. The molecule has 104 valence electrons. The topological polar surface area (TPSA) is 56.2 Å². The van der Waals surface area contributed by atoms with Crippen LogP contribution in [0.1, 0.15) is 28.7 Å². The Labute approximate surface area is 117 Å². The smallest absolute Gasteiger partial charge is 0.251 e. The van der Waals surface area contributed by atoms with Crippen LogP contribution < -0.4 is 10.1 Å². The number of nitrogens with one attached hydrogen (secondary N) is 1. The fraction of sp³-hybridized carbons (Fsp3) is 0.333. The molecule has 5 nitrogen and oxygen atoms in total. The number of ether oxygens (including phenoxy) is 1. The predicted molar refractivity (Wildman–Crippen MR) is 74.7 cm³/mol. The molecule has 1 amide bonds. The number of benzene rings is 1. The van der Waals surface area contributed by atoms with Gasteiger partial charge < -0.3 is 14.6 Å². The number of nitrogens with zero attached hydrogens (tertiary/aromatic N) is 2. The van der Waals surface area contributed by atoms with Crippen LogP contribution >= 0.6 is 0 Å². The summed E-state index contributed by atoms with van der Waals surface area (Å²) in [6, 6.07) is 5.57. The highest BCUT2D eigenvalue weighted by molar-refractivity contribution is 5.94. The van der Waals surface area contributed by atoms with Gasteiger partial charge in [0.05, 0.1) is 13.2 Å². The third-order valence-electron chi connectivity index (χ3n) is 3.50. The summed E-state index contributed by atoms with van der Waals surface area (Å²) in [4.78, 5) is 16.4. The summed E-state index contributed by atoms with van der Waals surface area (Å²) in [5.74, 6) is 1.68. The van der Waals surface area contributed by atoms with Gasteiger partial charge in [0.2, 0.25) is 0 Å². The van der Waals surface area contributed by atoms with E-state index in [0.717, 1.165) is 30.1 Å². The Balaban J connectivity index is 1.67. The standard InChI is InChI=1S/C15H17N3O2/c1-2-18-7-6-16-14(18)10-17-15(19)12-3-4-13-11(9-12)5-8-20-13/h3-4,6-7,9H,2,5,8,10H2,1H3,(H,17,19). The van der Waals surface area contributed by atoms with Crippen molar-refractivity contribution < 1.29 is 9.53 Å². The molecule has 3 rings (SSSR count). The minimum atomic E-state index is -0.0784. The molecule has 0 fully saturated rings. The highest BCUT2D eigenvalue weighted by atomic mass is 16.5. The van der Waals surface area contributed by atoms with Crippen LogP contribution in [0.5, 0.6) is 5.75 Å². The zero-order valence-electron chi connectivity index (χ0n) is 11.4. The molecule has 0 aliphatic carbocycles. The Bertz CT molecular complexity index is 634. The van der Waals surface area contributed by atoms with Crippen molar-refractivity contribution >= 4 is 5.91 Å². The van der Waals surface area contributed by atoms with E-state index >= 15 is 0 Å². The minimum absolute atomic E-state index is 0.0784. The minimum Gasteiger partial charge on any atom is -0.493 e. The Kier molecular flexibility index (Phi) is 3.41. The molecule has 20 heavy (non-hydrogen) atoms. The summed E-state index contributed by atoms with van der Waals surface area (Å²) < 4.78 is 7.45. The first kappa shape index (κ1) is 12.7. The summed E-state index contributed by atoms with van der Waals surface area (Å²) in [7, 11) is 0. The predicted octanol–water partition coefficient (Wildman–Crippen LogP) is 1.77. The number of hydrogen-bond donors (Lipinski definition) is 1. The maximum absolute atomic E-state index is 12.2. The number of rotatable bonds is 4. The van der Waals surface area contributed by atoms with Crippen LogP contribution in [0, 0.1) is 0 Å². The number of imidazole rings is 1. The molecule has 1 aliphatic heterocycles. The second-order valence-electron chi connectivity index (χ2n) is 4.73. The Morgan fingerprint density at radius 1 is 1.50 bits per heavy atom. The number of carbonyl (C=O) groups is 1. The molecule has 2 aromatic rings. The first-order valence-electron chi connectivity index (χ1n) is 6.82. The largest absolute Gasteiger partial charge is 0.493 e. The molecule has 1 aliphatic rings. The molecule has 1 N–H and O–H groups in total. The van der Waals surface area contributed by atoms with E-state index in [1.54, 1.807) is 12.3 Å². The van der Waals surface area contributed by atoms with Crippen LogP contribution in [0.25, 0.3) is 0 Å². The van der Waals surface area contributed by atoms with Gasteiger partial charge in [0.25, 0.3) is 5.91 Å². The monoisotopic (exact) mass is 271 g/mol. The van der Waals surface area contributed by atoms with Gasteiger partial charge in [-0.15, -0.1) is 0 Å². The van der Waals surface area contributed by atoms with Crippen molar-refractivity contribution in [3.8, 4) is 5.75 Å². The van der Waals surface area contributed by atoms with Crippen LogP contribution in [0.2, 0.25) is 0 Å². The maximum Gasteiger partial charge on any atom is 0.251 e. The number of aryl methyl sites for hydroxylation is 1. The van der Waals surface area contributed by atoms with Gasteiger partial charge in [0, 0.05) is 30.9 Å². The third kappa shape index (κ3) is 2.39. The van der Waals surface area contributed by atoms with Gasteiger partial charge in [0.15, 0.2) is 0 Å². The number of carbonyl (C=O) groups excluding carboxylic acids is 1. The fourth-order valence-corrected chi connectivity index (χ4v) is 2.38. The molecule has 0 unspecified atom stereocenters. The molecule has 2 heterocycles. The highest BCUT2D eigenvalue weighted by Crippen LogP contribution is 2.25. The lowest BCUT2D eigenvalue weighted by molar-refractivity contribution is 0.0949. The molecule has 0 atom stereocenters. The van der Waals surface area contributed by atoms with Crippen molar-refractivity contribution in [3.05, 3.63) is 47.5 Å². The van der Waals surface area contributed by atoms with Crippen molar-refractivity contribution in [2.75, 3.05) is 6.61 Å². The molecule has 0 radical (unpaired) electrons. The SMILES string of the molecule is CCn1ccnc1CNC(=O)c1ccc2c(c1)CCO2. The van der Waals surface area contributed by atoms with E-state index in [2.05, 4.69) is 10.3 Å². The molecular formula is C15H17N3O2. The first-order chi connectivity index (χ1) is 9.78. The lowest BCUT2D eigenvalue weighted by Gasteiger charge is -2.08. The van der Waals surface area contributed by atoms with Gasteiger partial charge in [-0.25, -0.2) is 4.98 Å². The van der Waals surface area contributed by atoms with E-state index in [-0.39, 0.29) is 5.91 Å². The zero-order chi connectivity index (χ0) is 13.9. The average Bonchev–Trinajstić information content (AvgIpc) is 3.12. The van der Waals surface area contributed by atoms with Crippen LogP contribution in [-0.2, 0) is 19.5 Å². The van der Waals surface area contributed by atoms with E-state index in [0.29, 0.717) is 18.7 Å². The molecule has 0 bridgehead atoms. The van der Waals surface area contributed by atoms with Gasteiger partial charge in [-0.05, 0) is 30.7 Å². The fourth-order valence-electron chi connectivity index (χ4n) is 2.38. The van der Waals surface area contributed by atoms with Gasteiger partial charge in [-0.3, -0.25) is 4.79 Å². The van der Waals surface area contributed by atoms with Crippen molar-refractivity contribution in [1.82, 2.24) is 14.9 Å². The van der Waals surface area contributed by atoms with Gasteiger partial charge >= 0.3 is 0 Å². The van der Waals surface area contributed by atoms with E-state index in [1.165, 1.54) is 0 Å². The maximum atomic E-state index is 12.2. The Hall–Kier alpha value is -2.30. The molecular weight excluding hydrogens is 254 g/mol. The van der Waals surface area contributed by atoms with Crippen molar-refractivity contribution in [2.45, 2.75) is 26.4 Å². The summed E-state index contributed by atoms with van der Waals surface area (Å²) in [5.41, 5.74) is 1.77. The van der Waals surface area contributed by atoms with Gasteiger partial charge in [0.1, 0.15) is 11.6 Å². The summed E-state index contributed by atoms with van der Waals surface area (Å²) in [6.07, 6.45) is 4.53. The van der Waals surface area contributed by atoms with Crippen LogP contribution in [0.15, 0.2) is 30.6 Å². The lowest BCUT2D eigenvalue weighted by Crippen LogP contribution is -2.24. The molecule has 5 heteroatoms. The summed E-state index contributed by atoms with van der Waals surface area (Å²) in [5, 5.41) is 2.90. The average molecular weight is 271 g/mol. The Morgan fingerprint density at radius 2 is 2.40 bits per heavy atom. The molecule has 0 saturated heterocycles.